The minimum atomic E-state index is -0.775. The number of likely N-dealkylation sites (tertiary alicyclic amines) is 1. The highest BCUT2D eigenvalue weighted by Gasteiger charge is 2.33. The quantitative estimate of drug-likeness (QED) is 0.763. The zero-order valence-electron chi connectivity index (χ0n) is 14.0. The maximum absolute atomic E-state index is 12.3. The lowest BCUT2D eigenvalue weighted by atomic mass is 10.1. The fourth-order valence-electron chi connectivity index (χ4n) is 3.03. The molecule has 0 spiro atoms. The number of rotatable bonds is 5. The normalized spacial score (nSPS) is 20.8. The highest BCUT2D eigenvalue weighted by Crippen LogP contribution is 2.29. The molecule has 2 aliphatic rings. The molecule has 0 aromatic heterocycles. The Morgan fingerprint density at radius 2 is 1.88 bits per heavy atom. The Morgan fingerprint density at radius 1 is 1.20 bits per heavy atom. The average molecular weight is 347 g/mol. The van der Waals surface area contributed by atoms with Crippen LogP contribution in [0.4, 0.5) is 4.79 Å². The number of para-hydroxylation sites is 2. The number of piperidine rings is 1. The van der Waals surface area contributed by atoms with Gasteiger partial charge in [0.05, 0.1) is 13.5 Å². The van der Waals surface area contributed by atoms with Crippen LogP contribution in [0.25, 0.3) is 0 Å². The molecule has 0 radical (unpaired) electrons. The zero-order valence-corrected chi connectivity index (χ0v) is 14.0. The summed E-state index contributed by atoms with van der Waals surface area (Å²) in [6.07, 6.45) is 1.39. The second-order valence-electron chi connectivity index (χ2n) is 6.07. The Morgan fingerprint density at radius 3 is 2.48 bits per heavy atom. The fraction of sp³-hybridized carbons (Fsp3) is 0.471. The molecular formula is C17H21N3O5. The molecule has 4 amide bonds. The van der Waals surface area contributed by atoms with Crippen molar-refractivity contribution in [3.05, 3.63) is 24.3 Å². The van der Waals surface area contributed by atoms with E-state index in [9.17, 15) is 14.4 Å². The number of nitrogens with zero attached hydrogens (tertiary/aromatic N) is 1. The average Bonchev–Trinajstić information content (AvgIpc) is 2.93. The number of nitrogens with one attached hydrogen (secondary N) is 2. The van der Waals surface area contributed by atoms with E-state index in [2.05, 4.69) is 10.6 Å². The lowest BCUT2D eigenvalue weighted by molar-refractivity contribution is -0.135. The molecule has 2 saturated heterocycles. The summed E-state index contributed by atoms with van der Waals surface area (Å²) in [4.78, 5) is 36.6. The van der Waals surface area contributed by atoms with Crippen LogP contribution in [0.3, 0.4) is 0 Å². The van der Waals surface area contributed by atoms with Crippen molar-refractivity contribution in [1.82, 2.24) is 15.5 Å². The number of amides is 4. The first-order valence-corrected chi connectivity index (χ1v) is 8.25. The van der Waals surface area contributed by atoms with Gasteiger partial charge in [-0.25, -0.2) is 4.79 Å². The van der Waals surface area contributed by atoms with E-state index in [-0.39, 0.29) is 18.4 Å². The van der Waals surface area contributed by atoms with Crippen LogP contribution in [0, 0.1) is 0 Å². The standard InChI is InChI=1S/C17H21N3O5/c1-24-13-4-2-3-5-14(13)25-11-6-8-20(9-7-11)15(21)10-12-16(22)19-17(23)18-12/h2-5,11-12H,6-10H2,1H3,(H2,18,19,22,23)/t12-/m0/s1. The van der Waals surface area contributed by atoms with Crippen LogP contribution < -0.4 is 20.1 Å². The molecule has 1 aromatic carbocycles. The van der Waals surface area contributed by atoms with Crippen molar-refractivity contribution >= 4 is 17.8 Å². The van der Waals surface area contributed by atoms with Gasteiger partial charge >= 0.3 is 6.03 Å². The van der Waals surface area contributed by atoms with Gasteiger partial charge in [0.1, 0.15) is 12.1 Å². The summed E-state index contributed by atoms with van der Waals surface area (Å²) in [5.41, 5.74) is 0. The molecule has 0 aliphatic carbocycles. The predicted octanol–water partition coefficient (Wildman–Crippen LogP) is 0.663. The SMILES string of the molecule is COc1ccccc1OC1CCN(C(=O)C[C@@H]2NC(=O)NC2=O)CC1. The third-order valence-corrected chi connectivity index (χ3v) is 4.39. The molecule has 8 nitrogen and oxygen atoms in total. The molecule has 2 heterocycles. The third-order valence-electron chi connectivity index (χ3n) is 4.39. The third kappa shape index (κ3) is 4.01. The Hall–Kier alpha value is -2.77. The van der Waals surface area contributed by atoms with E-state index >= 15 is 0 Å². The molecule has 0 saturated carbocycles. The summed E-state index contributed by atoms with van der Waals surface area (Å²) in [5, 5.41) is 4.57. The summed E-state index contributed by atoms with van der Waals surface area (Å²) >= 11 is 0. The first-order chi connectivity index (χ1) is 12.1. The number of hydrogen-bond acceptors (Lipinski definition) is 5. The van der Waals surface area contributed by atoms with Gasteiger partial charge < -0.3 is 19.7 Å². The highest BCUT2D eigenvalue weighted by molar-refractivity contribution is 6.05. The van der Waals surface area contributed by atoms with Crippen molar-refractivity contribution in [3.63, 3.8) is 0 Å². The van der Waals surface area contributed by atoms with Gasteiger partial charge in [0.2, 0.25) is 5.91 Å². The molecule has 0 bridgehead atoms. The molecule has 25 heavy (non-hydrogen) atoms. The predicted molar refractivity (Wildman–Crippen MR) is 88.3 cm³/mol. The van der Waals surface area contributed by atoms with Crippen molar-refractivity contribution in [1.29, 1.82) is 0 Å². The van der Waals surface area contributed by atoms with E-state index in [1.165, 1.54) is 0 Å². The molecular weight excluding hydrogens is 326 g/mol. The Balaban J connectivity index is 1.49. The Kier molecular flexibility index (Phi) is 5.06. The molecule has 8 heteroatoms. The number of carbonyl (C=O) groups is 3. The highest BCUT2D eigenvalue weighted by atomic mass is 16.5. The number of hydrogen-bond donors (Lipinski definition) is 2. The number of methoxy groups -OCH3 is 1. The van der Waals surface area contributed by atoms with Crippen LogP contribution in [0.15, 0.2) is 24.3 Å². The van der Waals surface area contributed by atoms with Gasteiger partial charge in [-0.2, -0.15) is 0 Å². The molecule has 2 fully saturated rings. The molecule has 134 valence electrons. The second kappa shape index (κ2) is 7.42. The summed E-state index contributed by atoms with van der Waals surface area (Å²) in [7, 11) is 1.60. The van der Waals surface area contributed by atoms with Crippen molar-refractivity contribution in [2.24, 2.45) is 0 Å². The Labute approximate surface area is 145 Å². The van der Waals surface area contributed by atoms with Gasteiger partial charge in [-0.3, -0.25) is 14.9 Å². The maximum atomic E-state index is 12.3. The number of imide groups is 1. The van der Waals surface area contributed by atoms with Crippen molar-refractivity contribution in [2.75, 3.05) is 20.2 Å². The molecule has 3 rings (SSSR count). The van der Waals surface area contributed by atoms with E-state index < -0.39 is 18.0 Å². The molecule has 2 N–H and O–H groups in total. The first-order valence-electron chi connectivity index (χ1n) is 8.25. The second-order valence-corrected chi connectivity index (χ2v) is 6.07. The lowest BCUT2D eigenvalue weighted by Crippen LogP contribution is -2.44. The Bertz CT molecular complexity index is 670. The van der Waals surface area contributed by atoms with Crippen molar-refractivity contribution in [3.8, 4) is 11.5 Å². The van der Waals surface area contributed by atoms with Crippen LogP contribution in [0.2, 0.25) is 0 Å². The molecule has 1 atom stereocenters. The fourth-order valence-corrected chi connectivity index (χ4v) is 3.03. The van der Waals surface area contributed by atoms with Gasteiger partial charge in [-0.1, -0.05) is 12.1 Å². The van der Waals surface area contributed by atoms with Gasteiger partial charge in [-0.05, 0) is 12.1 Å². The lowest BCUT2D eigenvalue weighted by Gasteiger charge is -2.32. The monoisotopic (exact) mass is 347 g/mol. The van der Waals surface area contributed by atoms with E-state index in [1.54, 1.807) is 12.0 Å². The molecule has 0 unspecified atom stereocenters. The van der Waals surface area contributed by atoms with Gasteiger partial charge in [0.25, 0.3) is 5.91 Å². The van der Waals surface area contributed by atoms with Crippen LogP contribution in [-0.2, 0) is 9.59 Å². The first kappa shape index (κ1) is 17.1. The van der Waals surface area contributed by atoms with E-state index in [0.717, 1.165) is 0 Å². The summed E-state index contributed by atoms with van der Waals surface area (Å²) < 4.78 is 11.3. The smallest absolute Gasteiger partial charge is 0.322 e. The van der Waals surface area contributed by atoms with Gasteiger partial charge in [0, 0.05) is 25.9 Å². The van der Waals surface area contributed by atoms with E-state index in [1.807, 2.05) is 24.3 Å². The van der Waals surface area contributed by atoms with E-state index in [0.29, 0.717) is 37.4 Å². The largest absolute Gasteiger partial charge is 0.493 e. The summed E-state index contributed by atoms with van der Waals surface area (Å²) in [5.74, 6) is 0.787. The van der Waals surface area contributed by atoms with Crippen LogP contribution in [-0.4, -0.2) is 55.1 Å². The van der Waals surface area contributed by atoms with E-state index in [4.69, 9.17) is 9.47 Å². The zero-order chi connectivity index (χ0) is 17.8. The number of carbonyl (C=O) groups excluding carboxylic acids is 3. The number of urea groups is 1. The minimum Gasteiger partial charge on any atom is -0.493 e. The van der Waals surface area contributed by atoms with Crippen molar-refractivity contribution < 1.29 is 23.9 Å². The van der Waals surface area contributed by atoms with Crippen LogP contribution in [0.5, 0.6) is 11.5 Å². The van der Waals surface area contributed by atoms with Crippen LogP contribution >= 0.6 is 0 Å². The minimum absolute atomic E-state index is 0.00910. The van der Waals surface area contributed by atoms with Gasteiger partial charge in [0.15, 0.2) is 11.5 Å². The number of benzene rings is 1. The van der Waals surface area contributed by atoms with Crippen LogP contribution in [0.1, 0.15) is 19.3 Å². The van der Waals surface area contributed by atoms with Crippen molar-refractivity contribution in [2.45, 2.75) is 31.4 Å². The molecule has 1 aromatic rings. The summed E-state index contributed by atoms with van der Waals surface area (Å²) in [6, 6.07) is 6.14. The molecule has 2 aliphatic heterocycles. The van der Waals surface area contributed by atoms with Gasteiger partial charge in [-0.15, -0.1) is 0 Å². The maximum Gasteiger partial charge on any atom is 0.322 e. The number of ether oxygens (including phenoxy) is 2. The summed E-state index contributed by atoms with van der Waals surface area (Å²) in [6.45, 7) is 1.11. The topological polar surface area (TPSA) is 97.0 Å².